The molecule has 0 amide bonds. The summed E-state index contributed by atoms with van der Waals surface area (Å²) < 4.78 is 11.2. The molecule has 0 saturated heterocycles. The second kappa shape index (κ2) is 7.92. The van der Waals surface area contributed by atoms with Gasteiger partial charge in [-0.3, -0.25) is 0 Å². The molecule has 0 bridgehead atoms. The number of thioether (sulfide) groups is 1. The highest BCUT2D eigenvalue weighted by Gasteiger charge is 2.08. The average Bonchev–Trinajstić information content (AvgIpc) is 3.03. The smallest absolute Gasteiger partial charge is 0.277 e. The Morgan fingerprint density at radius 3 is 2.58 bits per heavy atom. The fraction of sp³-hybridized carbons (Fsp3) is 0.176. The fourth-order valence-electron chi connectivity index (χ4n) is 1.91. The molecule has 7 heteroatoms. The summed E-state index contributed by atoms with van der Waals surface area (Å²) in [4.78, 5) is 0. The van der Waals surface area contributed by atoms with Crippen LogP contribution in [0.2, 0.25) is 10.0 Å². The van der Waals surface area contributed by atoms with E-state index in [9.17, 15) is 0 Å². The van der Waals surface area contributed by atoms with Gasteiger partial charge in [-0.1, -0.05) is 58.7 Å². The molecule has 3 rings (SSSR count). The average molecular weight is 381 g/mol. The van der Waals surface area contributed by atoms with E-state index in [1.165, 1.54) is 17.3 Å². The molecule has 0 N–H and O–H groups in total. The normalized spacial score (nSPS) is 10.8. The third kappa shape index (κ3) is 4.66. The third-order valence-electron chi connectivity index (χ3n) is 3.18. The van der Waals surface area contributed by atoms with Gasteiger partial charge in [-0.05, 0) is 36.8 Å². The first-order valence-electron chi connectivity index (χ1n) is 7.19. The van der Waals surface area contributed by atoms with E-state index >= 15 is 0 Å². The first kappa shape index (κ1) is 17.1. The van der Waals surface area contributed by atoms with Crippen molar-refractivity contribution in [3.8, 4) is 5.75 Å². The molecule has 0 aliphatic heterocycles. The van der Waals surface area contributed by atoms with E-state index in [2.05, 4.69) is 10.2 Å². The van der Waals surface area contributed by atoms with E-state index in [0.29, 0.717) is 26.9 Å². The van der Waals surface area contributed by atoms with Gasteiger partial charge in [-0.25, -0.2) is 0 Å². The highest BCUT2D eigenvalue weighted by Crippen LogP contribution is 2.27. The van der Waals surface area contributed by atoms with Crippen molar-refractivity contribution in [3.05, 3.63) is 69.5 Å². The van der Waals surface area contributed by atoms with Gasteiger partial charge in [0.1, 0.15) is 5.75 Å². The van der Waals surface area contributed by atoms with Gasteiger partial charge >= 0.3 is 0 Å². The zero-order chi connectivity index (χ0) is 16.9. The lowest BCUT2D eigenvalue weighted by Crippen LogP contribution is -1.95. The number of ether oxygens (including phenoxy) is 1. The van der Waals surface area contributed by atoms with E-state index in [-0.39, 0.29) is 6.61 Å². The maximum atomic E-state index is 6.00. The lowest BCUT2D eigenvalue weighted by atomic mass is 10.2. The second-order valence-corrected chi connectivity index (χ2v) is 6.84. The Morgan fingerprint density at radius 2 is 1.83 bits per heavy atom. The Morgan fingerprint density at radius 1 is 1.04 bits per heavy atom. The Balaban J connectivity index is 1.53. The van der Waals surface area contributed by atoms with Gasteiger partial charge in [0.05, 0.1) is 10.0 Å². The van der Waals surface area contributed by atoms with Crippen LogP contribution < -0.4 is 4.74 Å². The minimum absolute atomic E-state index is 0.239. The molecule has 0 aliphatic carbocycles. The zero-order valence-corrected chi connectivity index (χ0v) is 15.2. The van der Waals surface area contributed by atoms with E-state index in [1.807, 2.05) is 43.3 Å². The number of halogens is 2. The first-order valence-corrected chi connectivity index (χ1v) is 8.93. The van der Waals surface area contributed by atoms with Crippen LogP contribution in [0, 0.1) is 6.92 Å². The van der Waals surface area contributed by atoms with Crippen molar-refractivity contribution < 1.29 is 9.15 Å². The lowest BCUT2D eigenvalue weighted by molar-refractivity contribution is 0.252. The Kier molecular flexibility index (Phi) is 5.66. The summed E-state index contributed by atoms with van der Waals surface area (Å²) >= 11 is 13.3. The van der Waals surface area contributed by atoms with Crippen molar-refractivity contribution in [3.63, 3.8) is 0 Å². The Hall–Kier alpha value is -1.69. The fourth-order valence-corrected chi connectivity index (χ4v) is 2.95. The predicted molar refractivity (Wildman–Crippen MR) is 95.8 cm³/mol. The Labute approximate surface area is 154 Å². The number of nitrogens with zero attached hydrogens (tertiary/aromatic N) is 2. The summed E-state index contributed by atoms with van der Waals surface area (Å²) in [6, 6.07) is 13.3. The van der Waals surface area contributed by atoms with Crippen molar-refractivity contribution in [1.29, 1.82) is 0 Å². The van der Waals surface area contributed by atoms with Gasteiger partial charge in [0.2, 0.25) is 0 Å². The number of rotatable bonds is 6. The molecule has 0 saturated carbocycles. The highest BCUT2D eigenvalue weighted by molar-refractivity contribution is 7.98. The third-order valence-corrected chi connectivity index (χ3v) is 4.81. The van der Waals surface area contributed by atoms with Gasteiger partial charge in [-0.2, -0.15) is 0 Å². The molecule has 24 heavy (non-hydrogen) atoms. The van der Waals surface area contributed by atoms with E-state index < -0.39 is 0 Å². The van der Waals surface area contributed by atoms with Gasteiger partial charge in [0.25, 0.3) is 11.1 Å². The van der Waals surface area contributed by atoms with Crippen LogP contribution in [-0.4, -0.2) is 10.2 Å². The molecule has 124 valence electrons. The SMILES string of the molecule is Cc1ccc(OCc2nnc(SCc3ccc(Cl)c(Cl)c3)o2)cc1. The maximum absolute atomic E-state index is 6.00. The van der Waals surface area contributed by atoms with Crippen molar-refractivity contribution in [2.75, 3.05) is 0 Å². The molecule has 0 atom stereocenters. The molecule has 1 aromatic heterocycles. The molecule has 0 unspecified atom stereocenters. The first-order chi connectivity index (χ1) is 11.6. The quantitative estimate of drug-likeness (QED) is 0.524. The predicted octanol–water partition coefficient (Wildman–Crippen LogP) is 5.56. The number of benzene rings is 2. The van der Waals surface area contributed by atoms with Crippen LogP contribution >= 0.6 is 35.0 Å². The molecule has 0 aliphatic rings. The number of aryl methyl sites for hydroxylation is 1. The van der Waals surface area contributed by atoms with Crippen LogP contribution in [-0.2, 0) is 12.4 Å². The summed E-state index contributed by atoms with van der Waals surface area (Å²) in [6.45, 7) is 2.27. The standard InChI is InChI=1S/C17H14Cl2N2O2S/c1-11-2-5-13(6-3-11)22-9-16-20-21-17(23-16)24-10-12-4-7-14(18)15(19)8-12/h2-8H,9-10H2,1H3. The summed E-state index contributed by atoms with van der Waals surface area (Å²) in [7, 11) is 0. The van der Waals surface area contributed by atoms with Crippen LogP contribution in [0.25, 0.3) is 0 Å². The largest absolute Gasteiger partial charge is 0.484 e. The maximum Gasteiger partial charge on any atom is 0.277 e. The molecule has 1 heterocycles. The molecule has 0 radical (unpaired) electrons. The van der Waals surface area contributed by atoms with Crippen molar-refractivity contribution in [2.24, 2.45) is 0 Å². The molecular weight excluding hydrogens is 367 g/mol. The summed E-state index contributed by atoms with van der Waals surface area (Å²) in [5, 5.41) is 9.55. The van der Waals surface area contributed by atoms with Gasteiger partial charge < -0.3 is 9.15 Å². The summed E-state index contributed by atoms with van der Waals surface area (Å²) in [5.74, 6) is 1.87. The minimum Gasteiger partial charge on any atom is -0.484 e. The van der Waals surface area contributed by atoms with Crippen LogP contribution in [0.1, 0.15) is 17.0 Å². The molecule has 0 fully saturated rings. The van der Waals surface area contributed by atoms with Crippen molar-refractivity contribution >= 4 is 35.0 Å². The number of hydrogen-bond acceptors (Lipinski definition) is 5. The van der Waals surface area contributed by atoms with Crippen molar-refractivity contribution in [2.45, 2.75) is 24.5 Å². The topological polar surface area (TPSA) is 48.2 Å². The molecule has 3 aromatic rings. The number of aromatic nitrogens is 2. The van der Waals surface area contributed by atoms with Gasteiger partial charge in [0.15, 0.2) is 6.61 Å². The Bertz CT molecular complexity index is 822. The molecule has 4 nitrogen and oxygen atoms in total. The van der Waals surface area contributed by atoms with Gasteiger partial charge in [-0.15, -0.1) is 10.2 Å². The second-order valence-electron chi connectivity index (χ2n) is 5.10. The number of hydrogen-bond donors (Lipinski definition) is 0. The van der Waals surface area contributed by atoms with Crippen molar-refractivity contribution in [1.82, 2.24) is 10.2 Å². The van der Waals surface area contributed by atoms with Crippen LogP contribution in [0.5, 0.6) is 5.75 Å². The summed E-state index contributed by atoms with van der Waals surface area (Å²) in [5.41, 5.74) is 2.21. The lowest BCUT2D eigenvalue weighted by Gasteiger charge is -2.03. The minimum atomic E-state index is 0.239. The van der Waals surface area contributed by atoms with Crippen LogP contribution in [0.3, 0.4) is 0 Å². The highest BCUT2D eigenvalue weighted by atomic mass is 35.5. The monoisotopic (exact) mass is 380 g/mol. The van der Waals surface area contributed by atoms with Gasteiger partial charge in [0, 0.05) is 5.75 Å². The van der Waals surface area contributed by atoms with Crippen LogP contribution in [0.15, 0.2) is 52.1 Å². The molecule has 0 spiro atoms. The van der Waals surface area contributed by atoms with Crippen LogP contribution in [0.4, 0.5) is 0 Å². The van der Waals surface area contributed by atoms with E-state index in [4.69, 9.17) is 32.4 Å². The van der Waals surface area contributed by atoms with E-state index in [1.54, 1.807) is 6.07 Å². The molecular formula is C17H14Cl2N2O2S. The summed E-state index contributed by atoms with van der Waals surface area (Å²) in [6.07, 6.45) is 0. The zero-order valence-electron chi connectivity index (χ0n) is 12.8. The molecule has 2 aromatic carbocycles. The van der Waals surface area contributed by atoms with E-state index in [0.717, 1.165) is 11.3 Å².